The third kappa shape index (κ3) is 3.62. The molecule has 32 heavy (non-hydrogen) atoms. The van der Waals surface area contributed by atoms with E-state index in [4.69, 9.17) is 0 Å². The normalized spacial score (nSPS) is 13.1. The number of rotatable bonds is 4. The standard InChI is InChI=1S/C22H17F2N5O2S/c23-13-6-3-7-14(24)19(13)21(31)26-18-11-16(17-9-4-10-32-17)28-29(18)22-25-15-8-2-1-5-12(15)20(30)27-22/h3-4,6-7,9-11H,1-2,5,8H2,(H,26,31)(H,25,27,30). The molecule has 5 rings (SSSR count). The Kier molecular flexibility index (Phi) is 5.14. The van der Waals surface area contributed by atoms with Gasteiger partial charge in [0, 0.05) is 11.6 Å². The van der Waals surface area contributed by atoms with Crippen LogP contribution in [0.3, 0.4) is 0 Å². The Labute approximate surface area is 184 Å². The van der Waals surface area contributed by atoms with Gasteiger partial charge in [0.1, 0.15) is 28.7 Å². The fourth-order valence-electron chi connectivity index (χ4n) is 3.76. The largest absolute Gasteiger partial charge is 0.306 e. The molecule has 2 N–H and O–H groups in total. The number of aromatic amines is 1. The van der Waals surface area contributed by atoms with E-state index >= 15 is 0 Å². The minimum Gasteiger partial charge on any atom is -0.306 e. The Morgan fingerprint density at radius 3 is 2.66 bits per heavy atom. The van der Waals surface area contributed by atoms with Crippen molar-refractivity contribution >= 4 is 23.1 Å². The number of thiophene rings is 1. The number of amides is 1. The number of benzene rings is 1. The maximum absolute atomic E-state index is 14.1. The van der Waals surface area contributed by atoms with Gasteiger partial charge in [-0.3, -0.25) is 14.6 Å². The maximum Gasteiger partial charge on any atom is 0.262 e. The van der Waals surface area contributed by atoms with E-state index in [-0.39, 0.29) is 17.3 Å². The molecule has 1 aromatic carbocycles. The summed E-state index contributed by atoms with van der Waals surface area (Å²) in [5, 5.41) is 8.89. The maximum atomic E-state index is 14.1. The predicted molar refractivity (Wildman–Crippen MR) is 116 cm³/mol. The van der Waals surface area contributed by atoms with Gasteiger partial charge in [0.15, 0.2) is 0 Å². The lowest BCUT2D eigenvalue weighted by atomic mass is 9.97. The molecule has 0 aliphatic heterocycles. The second kappa shape index (κ2) is 8.12. The van der Waals surface area contributed by atoms with Gasteiger partial charge >= 0.3 is 0 Å². The van der Waals surface area contributed by atoms with Crippen LogP contribution in [0.15, 0.2) is 46.6 Å². The summed E-state index contributed by atoms with van der Waals surface area (Å²) in [6, 6.07) is 8.47. The number of anilines is 1. The van der Waals surface area contributed by atoms with E-state index in [0.29, 0.717) is 29.8 Å². The smallest absolute Gasteiger partial charge is 0.262 e. The number of carbonyl (C=O) groups is 1. The molecule has 3 aromatic heterocycles. The lowest BCUT2D eigenvalue weighted by molar-refractivity contribution is 0.101. The van der Waals surface area contributed by atoms with Crippen LogP contribution in [0.4, 0.5) is 14.6 Å². The molecule has 0 radical (unpaired) electrons. The molecule has 0 saturated carbocycles. The minimum absolute atomic E-state index is 0.125. The van der Waals surface area contributed by atoms with Crippen molar-refractivity contribution in [3.8, 4) is 16.5 Å². The van der Waals surface area contributed by atoms with Gasteiger partial charge in [-0.05, 0) is 49.3 Å². The SMILES string of the molecule is O=C(Nc1cc(-c2cccs2)nn1-c1nc2c(c(=O)[nH]1)CCCC2)c1c(F)cccc1F. The summed E-state index contributed by atoms with van der Waals surface area (Å²) in [7, 11) is 0. The molecular formula is C22H17F2N5O2S. The van der Waals surface area contributed by atoms with Gasteiger partial charge in [0.2, 0.25) is 5.95 Å². The van der Waals surface area contributed by atoms with Crippen molar-refractivity contribution in [3.63, 3.8) is 0 Å². The van der Waals surface area contributed by atoms with Gasteiger partial charge in [0.25, 0.3) is 11.5 Å². The van der Waals surface area contributed by atoms with Gasteiger partial charge in [0.05, 0.1) is 10.6 Å². The van der Waals surface area contributed by atoms with E-state index < -0.39 is 23.1 Å². The molecule has 1 amide bonds. The van der Waals surface area contributed by atoms with Crippen LogP contribution in [0.5, 0.6) is 0 Å². The summed E-state index contributed by atoms with van der Waals surface area (Å²) >= 11 is 1.44. The number of aryl methyl sites for hydroxylation is 1. The predicted octanol–water partition coefficient (Wildman–Crippen LogP) is 4.09. The van der Waals surface area contributed by atoms with E-state index in [0.717, 1.165) is 29.9 Å². The van der Waals surface area contributed by atoms with Gasteiger partial charge in [-0.15, -0.1) is 11.3 Å². The Morgan fingerprint density at radius 2 is 1.91 bits per heavy atom. The van der Waals surface area contributed by atoms with Gasteiger partial charge in [-0.25, -0.2) is 13.8 Å². The summed E-state index contributed by atoms with van der Waals surface area (Å²) in [4.78, 5) is 33.4. The second-order valence-electron chi connectivity index (χ2n) is 7.38. The molecule has 1 aliphatic rings. The van der Waals surface area contributed by atoms with Crippen molar-refractivity contribution in [2.75, 3.05) is 5.32 Å². The van der Waals surface area contributed by atoms with Crippen molar-refractivity contribution in [3.05, 3.63) is 80.6 Å². The summed E-state index contributed by atoms with van der Waals surface area (Å²) in [5.74, 6) is -2.68. The molecule has 0 atom stereocenters. The van der Waals surface area contributed by atoms with Crippen LogP contribution in [-0.2, 0) is 12.8 Å². The van der Waals surface area contributed by atoms with E-state index in [1.807, 2.05) is 17.5 Å². The molecule has 162 valence electrons. The highest BCUT2D eigenvalue weighted by molar-refractivity contribution is 7.13. The molecule has 0 unspecified atom stereocenters. The van der Waals surface area contributed by atoms with Crippen LogP contribution >= 0.6 is 11.3 Å². The number of hydrogen-bond donors (Lipinski definition) is 2. The third-order valence-corrected chi connectivity index (χ3v) is 6.19. The topological polar surface area (TPSA) is 92.7 Å². The summed E-state index contributed by atoms with van der Waals surface area (Å²) in [5.41, 5.74) is 0.912. The molecule has 3 heterocycles. The fourth-order valence-corrected chi connectivity index (χ4v) is 4.44. The van der Waals surface area contributed by atoms with Crippen molar-refractivity contribution in [2.24, 2.45) is 0 Å². The highest BCUT2D eigenvalue weighted by atomic mass is 32.1. The van der Waals surface area contributed by atoms with Crippen molar-refractivity contribution < 1.29 is 13.6 Å². The first-order valence-corrected chi connectivity index (χ1v) is 10.9. The molecule has 0 saturated heterocycles. The number of fused-ring (bicyclic) bond motifs is 1. The zero-order valence-corrected chi connectivity index (χ0v) is 17.5. The van der Waals surface area contributed by atoms with Crippen LogP contribution in [-0.4, -0.2) is 25.7 Å². The Balaban J connectivity index is 1.61. The van der Waals surface area contributed by atoms with Gasteiger partial charge < -0.3 is 5.32 Å². The minimum atomic E-state index is -0.979. The fraction of sp³-hybridized carbons (Fsp3) is 0.182. The monoisotopic (exact) mass is 453 g/mol. The average molecular weight is 453 g/mol. The molecule has 1 aliphatic carbocycles. The first-order valence-electron chi connectivity index (χ1n) is 10.0. The van der Waals surface area contributed by atoms with Crippen LogP contribution in [0, 0.1) is 11.6 Å². The van der Waals surface area contributed by atoms with Crippen molar-refractivity contribution in [2.45, 2.75) is 25.7 Å². The first-order chi connectivity index (χ1) is 15.5. The van der Waals surface area contributed by atoms with Gasteiger partial charge in [-0.1, -0.05) is 12.1 Å². The van der Waals surface area contributed by atoms with E-state index in [9.17, 15) is 18.4 Å². The number of hydrogen-bond acceptors (Lipinski definition) is 5. The molecule has 0 fully saturated rings. The number of nitrogens with one attached hydrogen (secondary N) is 2. The molecule has 10 heteroatoms. The Bertz CT molecular complexity index is 1360. The molecule has 0 bridgehead atoms. The molecule has 0 spiro atoms. The van der Waals surface area contributed by atoms with Crippen LogP contribution in [0.1, 0.15) is 34.5 Å². The van der Waals surface area contributed by atoms with Crippen LogP contribution < -0.4 is 10.9 Å². The van der Waals surface area contributed by atoms with Crippen molar-refractivity contribution in [1.29, 1.82) is 0 Å². The number of aromatic nitrogens is 4. The van der Waals surface area contributed by atoms with E-state index in [1.165, 1.54) is 22.1 Å². The zero-order valence-electron chi connectivity index (χ0n) is 16.7. The number of nitrogens with zero attached hydrogens (tertiary/aromatic N) is 3. The second-order valence-corrected chi connectivity index (χ2v) is 8.32. The van der Waals surface area contributed by atoms with E-state index in [2.05, 4.69) is 20.4 Å². The molecule has 7 nitrogen and oxygen atoms in total. The lowest BCUT2D eigenvalue weighted by Crippen LogP contribution is -2.25. The summed E-state index contributed by atoms with van der Waals surface area (Å²) in [6.45, 7) is 0. The number of H-pyrrole nitrogens is 1. The molecular weight excluding hydrogens is 436 g/mol. The quantitative estimate of drug-likeness (QED) is 0.487. The number of carbonyl (C=O) groups excluding carboxylic acids is 1. The van der Waals surface area contributed by atoms with Crippen molar-refractivity contribution in [1.82, 2.24) is 19.7 Å². The van der Waals surface area contributed by atoms with Crippen LogP contribution in [0.25, 0.3) is 16.5 Å². The van der Waals surface area contributed by atoms with Crippen LogP contribution in [0.2, 0.25) is 0 Å². The summed E-state index contributed by atoms with van der Waals surface area (Å²) in [6.07, 6.45) is 3.19. The summed E-state index contributed by atoms with van der Waals surface area (Å²) < 4.78 is 29.5. The average Bonchev–Trinajstić information content (AvgIpc) is 3.44. The number of halogens is 2. The highest BCUT2D eigenvalue weighted by Crippen LogP contribution is 2.28. The lowest BCUT2D eigenvalue weighted by Gasteiger charge is -2.15. The Hall–Kier alpha value is -3.66. The van der Waals surface area contributed by atoms with Gasteiger partial charge in [-0.2, -0.15) is 9.78 Å². The molecule has 4 aromatic rings. The van der Waals surface area contributed by atoms with E-state index in [1.54, 1.807) is 6.07 Å². The highest BCUT2D eigenvalue weighted by Gasteiger charge is 2.23. The first kappa shape index (κ1) is 20.3. The third-order valence-electron chi connectivity index (χ3n) is 5.29. The Morgan fingerprint density at radius 1 is 1.12 bits per heavy atom. The zero-order chi connectivity index (χ0) is 22.2.